The van der Waals surface area contributed by atoms with E-state index in [-0.39, 0.29) is 6.04 Å². The molecule has 0 aromatic heterocycles. The van der Waals surface area contributed by atoms with Gasteiger partial charge in [-0.25, -0.2) is 0 Å². The molecule has 0 aromatic carbocycles. The van der Waals surface area contributed by atoms with Crippen molar-refractivity contribution in [3.8, 4) is 0 Å². The summed E-state index contributed by atoms with van der Waals surface area (Å²) in [5, 5.41) is 0. The van der Waals surface area contributed by atoms with Crippen LogP contribution < -0.4 is 0 Å². The van der Waals surface area contributed by atoms with E-state index >= 15 is 0 Å². The van der Waals surface area contributed by atoms with Crippen molar-refractivity contribution in [1.29, 1.82) is 0 Å². The minimum Gasteiger partial charge on any atom is -0.426 e. The van der Waals surface area contributed by atoms with Crippen molar-refractivity contribution in [2.75, 3.05) is 14.1 Å². The van der Waals surface area contributed by atoms with Gasteiger partial charge in [0.1, 0.15) is 6.04 Å². The minimum absolute atomic E-state index is 0.354. The van der Waals surface area contributed by atoms with E-state index in [0.29, 0.717) is 0 Å². The Morgan fingerprint density at radius 1 is 1.14 bits per heavy atom. The highest BCUT2D eigenvalue weighted by Gasteiger charge is 2.19. The van der Waals surface area contributed by atoms with Crippen molar-refractivity contribution in [3.63, 3.8) is 0 Å². The van der Waals surface area contributed by atoms with Crippen molar-refractivity contribution >= 4 is 11.9 Å². The SMILES string of the molecule is CC(=O)OC(C)OC(=O)[C@@H](C)N(C)C. The maximum atomic E-state index is 11.3. The first-order valence-corrected chi connectivity index (χ1v) is 4.38. The van der Waals surface area contributed by atoms with Crippen molar-refractivity contribution in [2.45, 2.75) is 33.1 Å². The Hall–Kier alpha value is -1.10. The number of likely N-dealkylation sites (N-methyl/N-ethyl adjacent to an activating group) is 1. The van der Waals surface area contributed by atoms with E-state index in [1.165, 1.54) is 13.8 Å². The first kappa shape index (κ1) is 12.9. The van der Waals surface area contributed by atoms with Crippen LogP contribution >= 0.6 is 0 Å². The Labute approximate surface area is 84.0 Å². The molecule has 0 rings (SSSR count). The molecular weight excluding hydrogens is 186 g/mol. The predicted molar refractivity (Wildman–Crippen MR) is 50.5 cm³/mol. The molecule has 14 heavy (non-hydrogen) atoms. The van der Waals surface area contributed by atoms with Gasteiger partial charge in [0.2, 0.25) is 6.29 Å². The zero-order valence-electron chi connectivity index (χ0n) is 9.23. The van der Waals surface area contributed by atoms with Crippen LogP contribution in [-0.4, -0.2) is 43.3 Å². The number of carbonyl (C=O) groups is 2. The second-order valence-electron chi connectivity index (χ2n) is 3.25. The summed E-state index contributed by atoms with van der Waals surface area (Å²) in [5.41, 5.74) is 0. The molecule has 0 aliphatic carbocycles. The van der Waals surface area contributed by atoms with Gasteiger partial charge in [0.25, 0.3) is 0 Å². The lowest BCUT2D eigenvalue weighted by atomic mass is 10.3. The van der Waals surface area contributed by atoms with Gasteiger partial charge in [-0.2, -0.15) is 0 Å². The number of rotatable bonds is 4. The minimum atomic E-state index is -0.831. The fourth-order valence-electron chi connectivity index (χ4n) is 0.731. The van der Waals surface area contributed by atoms with Crippen LogP contribution in [0.25, 0.3) is 0 Å². The highest BCUT2D eigenvalue weighted by atomic mass is 16.7. The molecular formula is C9H17NO4. The van der Waals surface area contributed by atoms with Crippen molar-refractivity contribution in [1.82, 2.24) is 4.90 Å². The summed E-state index contributed by atoms with van der Waals surface area (Å²) in [7, 11) is 3.53. The molecule has 0 aromatic rings. The van der Waals surface area contributed by atoms with E-state index in [1.54, 1.807) is 25.9 Å². The highest BCUT2D eigenvalue weighted by Crippen LogP contribution is 2.00. The second-order valence-corrected chi connectivity index (χ2v) is 3.25. The van der Waals surface area contributed by atoms with Crippen LogP contribution in [0.15, 0.2) is 0 Å². The van der Waals surface area contributed by atoms with Crippen LogP contribution in [0.1, 0.15) is 20.8 Å². The van der Waals surface area contributed by atoms with E-state index in [1.807, 2.05) is 0 Å². The number of ether oxygens (including phenoxy) is 2. The van der Waals surface area contributed by atoms with Gasteiger partial charge in [0.05, 0.1) is 0 Å². The zero-order chi connectivity index (χ0) is 11.3. The summed E-state index contributed by atoms with van der Waals surface area (Å²) in [6.45, 7) is 4.48. The predicted octanol–water partition coefficient (Wildman–Crippen LogP) is 0.389. The lowest BCUT2D eigenvalue weighted by molar-refractivity contribution is -0.185. The molecule has 0 N–H and O–H groups in total. The first-order chi connectivity index (χ1) is 6.34. The molecule has 0 fully saturated rings. The number of hydrogen-bond donors (Lipinski definition) is 0. The highest BCUT2D eigenvalue weighted by molar-refractivity contribution is 5.75. The third-order valence-electron chi connectivity index (χ3n) is 1.73. The average molecular weight is 203 g/mol. The maximum Gasteiger partial charge on any atom is 0.326 e. The van der Waals surface area contributed by atoms with Gasteiger partial charge in [-0.15, -0.1) is 0 Å². The summed E-state index contributed by atoms with van der Waals surface area (Å²) < 4.78 is 9.51. The van der Waals surface area contributed by atoms with E-state index in [9.17, 15) is 9.59 Å². The third kappa shape index (κ3) is 4.81. The monoisotopic (exact) mass is 203 g/mol. The quantitative estimate of drug-likeness (QED) is 0.488. The molecule has 0 saturated heterocycles. The molecule has 0 amide bonds. The number of hydrogen-bond acceptors (Lipinski definition) is 5. The molecule has 5 heteroatoms. The summed E-state index contributed by atoms with van der Waals surface area (Å²) in [6.07, 6.45) is -0.831. The van der Waals surface area contributed by atoms with Crippen molar-refractivity contribution in [3.05, 3.63) is 0 Å². The number of carbonyl (C=O) groups excluding carboxylic acids is 2. The molecule has 0 radical (unpaired) electrons. The van der Waals surface area contributed by atoms with Gasteiger partial charge in [-0.1, -0.05) is 0 Å². The largest absolute Gasteiger partial charge is 0.426 e. The van der Waals surface area contributed by atoms with Gasteiger partial charge in [-0.3, -0.25) is 14.5 Å². The number of esters is 2. The van der Waals surface area contributed by atoms with Gasteiger partial charge in [0, 0.05) is 13.8 Å². The van der Waals surface area contributed by atoms with E-state index in [0.717, 1.165) is 0 Å². The van der Waals surface area contributed by atoms with E-state index < -0.39 is 18.2 Å². The van der Waals surface area contributed by atoms with Crippen LogP contribution in [0, 0.1) is 0 Å². The Kier molecular flexibility index (Phi) is 5.15. The fourth-order valence-corrected chi connectivity index (χ4v) is 0.731. The molecule has 0 bridgehead atoms. The van der Waals surface area contributed by atoms with Crippen LogP contribution in [0.5, 0.6) is 0 Å². The van der Waals surface area contributed by atoms with Crippen molar-refractivity contribution in [2.24, 2.45) is 0 Å². The van der Waals surface area contributed by atoms with Gasteiger partial charge < -0.3 is 9.47 Å². The molecule has 0 saturated carbocycles. The molecule has 0 spiro atoms. The Bertz CT molecular complexity index is 215. The lowest BCUT2D eigenvalue weighted by Crippen LogP contribution is -2.36. The Morgan fingerprint density at radius 2 is 1.64 bits per heavy atom. The van der Waals surface area contributed by atoms with Crippen LogP contribution in [0.2, 0.25) is 0 Å². The smallest absolute Gasteiger partial charge is 0.326 e. The molecule has 5 nitrogen and oxygen atoms in total. The molecule has 0 aliphatic rings. The topological polar surface area (TPSA) is 55.8 Å². The normalized spacial score (nSPS) is 14.7. The average Bonchev–Trinajstić information content (AvgIpc) is 2.00. The summed E-state index contributed by atoms with van der Waals surface area (Å²) in [4.78, 5) is 23.5. The first-order valence-electron chi connectivity index (χ1n) is 4.38. The summed E-state index contributed by atoms with van der Waals surface area (Å²) >= 11 is 0. The Balaban J connectivity index is 3.99. The molecule has 1 unspecified atom stereocenters. The van der Waals surface area contributed by atoms with E-state index in [4.69, 9.17) is 4.74 Å². The molecule has 0 aliphatic heterocycles. The number of nitrogens with zero attached hydrogens (tertiary/aromatic N) is 1. The molecule has 2 atom stereocenters. The Morgan fingerprint density at radius 3 is 2.00 bits per heavy atom. The van der Waals surface area contributed by atoms with Gasteiger partial charge >= 0.3 is 11.9 Å². The fraction of sp³-hybridized carbons (Fsp3) is 0.778. The van der Waals surface area contributed by atoms with E-state index in [2.05, 4.69) is 4.74 Å². The second kappa shape index (κ2) is 5.59. The van der Waals surface area contributed by atoms with Gasteiger partial charge in [0.15, 0.2) is 0 Å². The van der Waals surface area contributed by atoms with Crippen LogP contribution in [0.3, 0.4) is 0 Å². The lowest BCUT2D eigenvalue weighted by Gasteiger charge is -2.20. The zero-order valence-corrected chi connectivity index (χ0v) is 9.23. The third-order valence-corrected chi connectivity index (χ3v) is 1.73. The van der Waals surface area contributed by atoms with Gasteiger partial charge in [-0.05, 0) is 21.0 Å². The van der Waals surface area contributed by atoms with Crippen LogP contribution in [-0.2, 0) is 19.1 Å². The summed E-state index contributed by atoms with van der Waals surface area (Å²) in [6, 6.07) is -0.354. The standard InChI is InChI=1S/C9H17NO4/c1-6(10(4)5)9(12)14-8(3)13-7(2)11/h6,8H,1-5H3/t6-,8?/m1/s1. The maximum absolute atomic E-state index is 11.3. The van der Waals surface area contributed by atoms with Crippen LogP contribution in [0.4, 0.5) is 0 Å². The summed E-state index contributed by atoms with van der Waals surface area (Å²) in [5.74, 6) is -0.883. The molecule has 82 valence electrons. The van der Waals surface area contributed by atoms with Crippen molar-refractivity contribution < 1.29 is 19.1 Å². The molecule has 0 heterocycles.